The molecule has 1 aliphatic carbocycles. The Hall–Kier alpha value is -2.44. The van der Waals surface area contributed by atoms with Crippen LogP contribution in [0.3, 0.4) is 0 Å². The van der Waals surface area contributed by atoms with Gasteiger partial charge in [0.15, 0.2) is 0 Å². The van der Waals surface area contributed by atoms with Crippen molar-refractivity contribution in [3.8, 4) is 0 Å². The van der Waals surface area contributed by atoms with Crippen molar-refractivity contribution in [1.82, 2.24) is 0 Å². The largest absolute Gasteiger partial charge is 0.126 e. The van der Waals surface area contributed by atoms with Crippen LogP contribution in [0, 0.1) is 23.8 Å². The molecule has 5 aromatic rings. The molecule has 0 bridgehead atoms. The molecule has 0 N–H and O–H groups in total. The van der Waals surface area contributed by atoms with E-state index < -0.39 is 0 Å². The summed E-state index contributed by atoms with van der Waals surface area (Å²) >= 11 is 1.46. The Morgan fingerprint density at radius 1 is 0.581 bits per heavy atom. The zero-order chi connectivity index (χ0) is 29.4. The van der Waals surface area contributed by atoms with Crippen LogP contribution >= 0.6 is 0 Å². The van der Waals surface area contributed by atoms with Crippen LogP contribution in [0.15, 0.2) is 132 Å². The summed E-state index contributed by atoms with van der Waals surface area (Å²) in [5.41, 5.74) is 7.34. The van der Waals surface area contributed by atoms with Crippen LogP contribution in [0.4, 0.5) is 0 Å². The fourth-order valence-electron chi connectivity index (χ4n) is 5.55. The molecule has 0 fully saturated rings. The molecule has 0 saturated carbocycles. The number of benzene rings is 4. The third-order valence-electron chi connectivity index (χ3n) is 7.60. The second kappa shape index (κ2) is 17.8. The smallest absolute Gasteiger partial charge is 0.0771 e. The van der Waals surface area contributed by atoms with Crippen LogP contribution in [-0.4, -0.2) is 3.21 Å². The van der Waals surface area contributed by atoms with Gasteiger partial charge >= 0.3 is 99.2 Å². The van der Waals surface area contributed by atoms with Gasteiger partial charge in [-0.2, -0.15) is 11.1 Å². The van der Waals surface area contributed by atoms with Crippen LogP contribution in [0.1, 0.15) is 59.1 Å². The van der Waals surface area contributed by atoms with E-state index in [1.807, 2.05) is 0 Å². The van der Waals surface area contributed by atoms with Crippen molar-refractivity contribution < 1.29 is 49.0 Å². The summed E-state index contributed by atoms with van der Waals surface area (Å²) in [6, 6.07) is 40.4. The minimum absolute atomic E-state index is 0. The molecule has 1 aliphatic rings. The summed E-state index contributed by atoms with van der Waals surface area (Å²) < 4.78 is 1.42. The van der Waals surface area contributed by atoms with Gasteiger partial charge in [-0.25, -0.2) is 5.57 Å². The van der Waals surface area contributed by atoms with Crippen LogP contribution in [-0.2, 0) is 24.2 Å². The molecule has 222 valence electrons. The molecular weight excluding hydrogens is 643 g/mol. The van der Waals surface area contributed by atoms with E-state index in [9.17, 15) is 0 Å². The molecule has 5 aromatic carbocycles. The topological polar surface area (TPSA) is 0 Å². The van der Waals surface area contributed by atoms with Gasteiger partial charge < -0.3 is 24.8 Å². The van der Waals surface area contributed by atoms with Gasteiger partial charge in [0.2, 0.25) is 0 Å². The minimum atomic E-state index is 0. The molecule has 0 heterocycles. The summed E-state index contributed by atoms with van der Waals surface area (Å²) in [5.74, 6) is 1.96. The van der Waals surface area contributed by atoms with Crippen molar-refractivity contribution in [1.29, 1.82) is 0 Å². The fraction of sp³-hybridized carbons (Fsp3) is 0.250. The van der Waals surface area contributed by atoms with Crippen molar-refractivity contribution in [3.05, 3.63) is 149 Å². The Bertz CT molecular complexity index is 1550. The molecule has 0 spiro atoms. The quantitative estimate of drug-likeness (QED) is 0.231. The Morgan fingerprint density at radius 2 is 1.00 bits per heavy atom. The minimum Gasteiger partial charge on any atom is -0.126 e. The van der Waals surface area contributed by atoms with Crippen molar-refractivity contribution in [2.45, 2.75) is 48.0 Å². The fourth-order valence-corrected chi connectivity index (χ4v) is 6.37. The first-order valence-corrected chi connectivity index (χ1v) is 16.1. The van der Waals surface area contributed by atoms with Gasteiger partial charge in [0.25, 0.3) is 0 Å². The summed E-state index contributed by atoms with van der Waals surface area (Å²) in [4.78, 5) is 0. The summed E-state index contributed by atoms with van der Waals surface area (Å²) in [7, 11) is 0. The molecule has 0 atom stereocenters. The summed E-state index contributed by atoms with van der Waals surface area (Å²) in [6.45, 7) is 13.7. The van der Waals surface area contributed by atoms with Crippen molar-refractivity contribution in [3.63, 3.8) is 0 Å². The van der Waals surface area contributed by atoms with Crippen molar-refractivity contribution in [2.24, 2.45) is 17.8 Å². The predicted octanol–water partition coefficient (Wildman–Crippen LogP) is 4.91. The molecule has 0 saturated heterocycles. The van der Waals surface area contributed by atoms with Gasteiger partial charge in [-0.15, -0.1) is 46.2 Å². The van der Waals surface area contributed by atoms with E-state index in [0.29, 0.717) is 17.8 Å². The second-order valence-electron chi connectivity index (χ2n) is 11.6. The Labute approximate surface area is 286 Å². The molecule has 3 heteroatoms. The van der Waals surface area contributed by atoms with E-state index in [4.69, 9.17) is 0 Å². The maximum atomic E-state index is 3.56. The number of rotatable bonds is 5. The molecule has 43 heavy (non-hydrogen) atoms. The zero-order valence-corrected chi connectivity index (χ0v) is 30.1. The number of fused-ring (bicyclic) bond motifs is 3. The van der Waals surface area contributed by atoms with Crippen molar-refractivity contribution in [2.75, 3.05) is 0 Å². The van der Waals surface area contributed by atoms with Gasteiger partial charge in [-0.05, 0) is 5.92 Å². The molecule has 0 radical (unpaired) electrons. The predicted molar refractivity (Wildman–Crippen MR) is 176 cm³/mol. The molecule has 0 unspecified atom stereocenters. The monoisotopic (exact) mass is 682 g/mol. The third-order valence-corrected chi connectivity index (χ3v) is 9.02. The van der Waals surface area contributed by atoms with E-state index >= 15 is 0 Å². The van der Waals surface area contributed by atoms with E-state index in [1.54, 1.807) is 11.1 Å². The Morgan fingerprint density at radius 3 is 1.40 bits per heavy atom. The molecule has 0 aromatic heterocycles. The normalized spacial score (nSPS) is 12.3. The average Bonchev–Trinajstić information content (AvgIpc) is 3.61. The van der Waals surface area contributed by atoms with Gasteiger partial charge in [-0.1, -0.05) is 89.8 Å². The molecule has 0 nitrogen and oxygen atoms in total. The average molecular weight is 685 g/mol. The summed E-state index contributed by atoms with van der Waals surface area (Å²) in [5, 5.41) is 5.39. The SMILES string of the molecule is CC(C)C1=[C-]CC(C(C)C)=C1C(C)C.[Cl-].[Cl-].[Zr+2]=[C](c1ccccc1)c1ccccc1.c1ccc2c(c1)[cH-]c1ccccc12. The number of hydrogen-bond acceptors (Lipinski definition) is 0. The van der Waals surface area contributed by atoms with Crippen LogP contribution in [0.5, 0.6) is 0 Å². The Balaban J connectivity index is 0.000000220. The molecule has 0 amide bonds. The summed E-state index contributed by atoms with van der Waals surface area (Å²) in [6.07, 6.45) is 4.63. The maximum Gasteiger partial charge on any atom is -0.0771 e. The number of allylic oxidation sites excluding steroid dienone is 4. The van der Waals surface area contributed by atoms with Crippen LogP contribution in [0.25, 0.3) is 21.5 Å². The van der Waals surface area contributed by atoms with Gasteiger partial charge in [0.05, 0.1) is 0 Å². The van der Waals surface area contributed by atoms with Gasteiger partial charge in [0, 0.05) is 0 Å². The van der Waals surface area contributed by atoms with E-state index in [1.165, 1.54) is 65.7 Å². The van der Waals surface area contributed by atoms with E-state index in [-0.39, 0.29) is 24.8 Å². The molecular formula is C40H42Cl2Zr-2. The first-order valence-electron chi connectivity index (χ1n) is 14.8. The van der Waals surface area contributed by atoms with E-state index in [2.05, 4.69) is 163 Å². The first kappa shape index (κ1) is 36.8. The van der Waals surface area contributed by atoms with Crippen LogP contribution < -0.4 is 24.8 Å². The van der Waals surface area contributed by atoms with Crippen molar-refractivity contribution >= 4 is 24.8 Å². The molecule has 0 aliphatic heterocycles. The molecule has 6 rings (SSSR count). The van der Waals surface area contributed by atoms with E-state index in [0.717, 1.165) is 6.42 Å². The number of halogens is 2. The maximum absolute atomic E-state index is 3.56. The number of hydrogen-bond donors (Lipinski definition) is 0. The van der Waals surface area contributed by atoms with Gasteiger partial charge in [0.1, 0.15) is 0 Å². The first-order chi connectivity index (χ1) is 19.8. The Kier molecular flexibility index (Phi) is 15.2. The zero-order valence-electron chi connectivity index (χ0n) is 26.2. The standard InChI is InChI=1S/C14H23.C13H9.C13H10.2ClH.Zr/c1-9(2)12-7-8-13(10(3)4)14(12)11(5)6;1-3-7-12-10(5-1)9-11-6-2-4-8-13(11)12;1-3-7-12(8-4-1)11-13-9-5-2-6-10-13;;;/h9-11H,7H2,1-6H3;1-9H;1-10H;2*1H;/q2*-1;;;;+2/p-2. The second-order valence-corrected chi connectivity index (χ2v) is 12.8. The third kappa shape index (κ3) is 9.52. The van der Waals surface area contributed by atoms with Crippen LogP contribution in [0.2, 0.25) is 0 Å². The van der Waals surface area contributed by atoms with Gasteiger partial charge in [-0.3, -0.25) is 6.08 Å².